The van der Waals surface area contributed by atoms with E-state index in [0.717, 1.165) is 18.4 Å². The predicted molar refractivity (Wildman–Crippen MR) is 60.0 cm³/mol. The molecule has 1 unspecified atom stereocenters. The lowest BCUT2D eigenvalue weighted by Gasteiger charge is -2.14. The van der Waals surface area contributed by atoms with E-state index in [4.69, 9.17) is 5.73 Å². The normalized spacial score (nSPS) is 18.1. The summed E-state index contributed by atoms with van der Waals surface area (Å²) in [6, 6.07) is 10.8. The molecule has 0 aromatic heterocycles. The summed E-state index contributed by atoms with van der Waals surface area (Å²) in [5, 5.41) is 0. The van der Waals surface area contributed by atoms with E-state index in [0.29, 0.717) is 0 Å². The Kier molecular flexibility index (Phi) is 3.20. The fourth-order valence-corrected chi connectivity index (χ4v) is 2.20. The summed E-state index contributed by atoms with van der Waals surface area (Å²) in [4.78, 5) is 0. The molecule has 1 heteroatoms. The Hall–Kier alpha value is -0.820. The molecule has 1 aliphatic carbocycles. The van der Waals surface area contributed by atoms with E-state index >= 15 is 0 Å². The number of benzene rings is 1. The lowest BCUT2D eigenvalue weighted by Crippen LogP contribution is -2.13. The van der Waals surface area contributed by atoms with Crippen LogP contribution < -0.4 is 5.73 Å². The third-order valence-corrected chi connectivity index (χ3v) is 3.17. The molecule has 0 bridgehead atoms. The minimum absolute atomic E-state index is 0.836. The van der Waals surface area contributed by atoms with Crippen LogP contribution in [0, 0.1) is 11.8 Å². The van der Waals surface area contributed by atoms with Crippen LogP contribution in [0.1, 0.15) is 24.8 Å². The summed E-state index contributed by atoms with van der Waals surface area (Å²) in [6.07, 6.45) is 5.28. The van der Waals surface area contributed by atoms with Gasteiger partial charge in [-0.25, -0.2) is 0 Å². The topological polar surface area (TPSA) is 26.0 Å². The maximum Gasteiger partial charge on any atom is -0.00744 e. The smallest absolute Gasteiger partial charge is 0.00744 e. The molecule has 76 valence electrons. The van der Waals surface area contributed by atoms with Gasteiger partial charge in [-0.3, -0.25) is 0 Å². The molecule has 14 heavy (non-hydrogen) atoms. The SMILES string of the molecule is NCCC(Cc1ccccc1)C1CC1. The Balaban J connectivity index is 1.93. The summed E-state index contributed by atoms with van der Waals surface area (Å²) in [5.74, 6) is 1.81. The van der Waals surface area contributed by atoms with E-state index in [1.165, 1.54) is 31.2 Å². The van der Waals surface area contributed by atoms with Gasteiger partial charge in [0.1, 0.15) is 0 Å². The van der Waals surface area contributed by atoms with Gasteiger partial charge in [-0.1, -0.05) is 30.3 Å². The van der Waals surface area contributed by atoms with E-state index in [1.54, 1.807) is 0 Å². The Bertz CT molecular complexity index is 264. The van der Waals surface area contributed by atoms with Gasteiger partial charge in [0.05, 0.1) is 0 Å². The van der Waals surface area contributed by atoms with Gasteiger partial charge in [-0.2, -0.15) is 0 Å². The molecule has 1 aromatic rings. The number of nitrogens with two attached hydrogens (primary N) is 1. The molecule has 2 rings (SSSR count). The fraction of sp³-hybridized carbons (Fsp3) is 0.538. The van der Waals surface area contributed by atoms with Crippen LogP contribution in [-0.2, 0) is 6.42 Å². The zero-order valence-corrected chi connectivity index (χ0v) is 8.65. The van der Waals surface area contributed by atoms with Crippen LogP contribution in [-0.4, -0.2) is 6.54 Å². The van der Waals surface area contributed by atoms with E-state index in [2.05, 4.69) is 30.3 Å². The van der Waals surface area contributed by atoms with Gasteiger partial charge in [0.2, 0.25) is 0 Å². The molecule has 1 fully saturated rings. The average Bonchev–Trinajstić information content (AvgIpc) is 3.02. The Labute approximate surface area is 86.3 Å². The third kappa shape index (κ3) is 2.58. The van der Waals surface area contributed by atoms with Crippen molar-refractivity contribution in [1.29, 1.82) is 0 Å². The highest BCUT2D eigenvalue weighted by atomic mass is 14.5. The van der Waals surface area contributed by atoms with Crippen molar-refractivity contribution in [3.05, 3.63) is 35.9 Å². The molecule has 0 saturated heterocycles. The fourth-order valence-electron chi connectivity index (χ4n) is 2.20. The highest BCUT2D eigenvalue weighted by Crippen LogP contribution is 2.39. The predicted octanol–water partition coefficient (Wildman–Crippen LogP) is 2.60. The number of rotatable bonds is 5. The van der Waals surface area contributed by atoms with Gasteiger partial charge < -0.3 is 5.73 Å². The molecule has 1 nitrogen and oxygen atoms in total. The van der Waals surface area contributed by atoms with Crippen molar-refractivity contribution in [3.63, 3.8) is 0 Å². The van der Waals surface area contributed by atoms with E-state index in [-0.39, 0.29) is 0 Å². The molecule has 1 atom stereocenters. The monoisotopic (exact) mass is 189 g/mol. The summed E-state index contributed by atoms with van der Waals surface area (Å²) in [7, 11) is 0. The number of hydrogen-bond donors (Lipinski definition) is 1. The zero-order valence-electron chi connectivity index (χ0n) is 8.65. The first-order valence-electron chi connectivity index (χ1n) is 5.64. The van der Waals surface area contributed by atoms with Gasteiger partial charge in [0.15, 0.2) is 0 Å². The third-order valence-electron chi connectivity index (χ3n) is 3.17. The standard InChI is InChI=1S/C13H19N/c14-9-8-13(12-6-7-12)10-11-4-2-1-3-5-11/h1-5,12-13H,6-10,14H2. The Morgan fingerprint density at radius 2 is 1.93 bits per heavy atom. The van der Waals surface area contributed by atoms with Crippen LogP contribution >= 0.6 is 0 Å². The molecule has 0 heterocycles. The maximum atomic E-state index is 5.65. The second kappa shape index (κ2) is 4.61. The van der Waals surface area contributed by atoms with Crippen LogP contribution in [0.25, 0.3) is 0 Å². The van der Waals surface area contributed by atoms with E-state index < -0.39 is 0 Å². The quantitative estimate of drug-likeness (QED) is 0.757. The summed E-state index contributed by atoms with van der Waals surface area (Å²) >= 11 is 0. The Morgan fingerprint density at radius 3 is 2.50 bits per heavy atom. The molecule has 2 N–H and O–H groups in total. The summed E-state index contributed by atoms with van der Waals surface area (Å²) in [5.41, 5.74) is 7.12. The first-order valence-corrected chi connectivity index (χ1v) is 5.64. The van der Waals surface area contributed by atoms with Crippen molar-refractivity contribution in [2.45, 2.75) is 25.7 Å². The largest absolute Gasteiger partial charge is 0.330 e. The lowest BCUT2D eigenvalue weighted by molar-refractivity contribution is 0.432. The van der Waals surface area contributed by atoms with Crippen LogP contribution in [0.3, 0.4) is 0 Å². The maximum absolute atomic E-state index is 5.65. The molecular formula is C13H19N. The van der Waals surface area contributed by atoms with Crippen molar-refractivity contribution in [2.24, 2.45) is 17.6 Å². The van der Waals surface area contributed by atoms with Crippen LogP contribution in [0.4, 0.5) is 0 Å². The Morgan fingerprint density at radius 1 is 1.21 bits per heavy atom. The van der Waals surface area contributed by atoms with Crippen molar-refractivity contribution >= 4 is 0 Å². The molecular weight excluding hydrogens is 170 g/mol. The second-order valence-electron chi connectivity index (χ2n) is 4.36. The molecule has 0 amide bonds. The van der Waals surface area contributed by atoms with Gasteiger partial charge in [0, 0.05) is 0 Å². The van der Waals surface area contributed by atoms with E-state index in [9.17, 15) is 0 Å². The molecule has 0 aliphatic heterocycles. The van der Waals surface area contributed by atoms with Crippen molar-refractivity contribution in [2.75, 3.05) is 6.54 Å². The first kappa shape index (κ1) is 9.72. The van der Waals surface area contributed by atoms with Crippen LogP contribution in [0.2, 0.25) is 0 Å². The average molecular weight is 189 g/mol. The summed E-state index contributed by atoms with van der Waals surface area (Å²) < 4.78 is 0. The molecule has 1 aromatic carbocycles. The minimum atomic E-state index is 0.836. The van der Waals surface area contributed by atoms with Crippen molar-refractivity contribution in [1.82, 2.24) is 0 Å². The zero-order chi connectivity index (χ0) is 9.80. The molecule has 1 saturated carbocycles. The lowest BCUT2D eigenvalue weighted by atomic mass is 9.92. The molecule has 0 radical (unpaired) electrons. The summed E-state index contributed by atoms with van der Waals surface area (Å²) in [6.45, 7) is 0.841. The minimum Gasteiger partial charge on any atom is -0.330 e. The van der Waals surface area contributed by atoms with Gasteiger partial charge in [0.25, 0.3) is 0 Å². The first-order chi connectivity index (χ1) is 6.90. The van der Waals surface area contributed by atoms with Gasteiger partial charge in [-0.15, -0.1) is 0 Å². The van der Waals surface area contributed by atoms with Gasteiger partial charge >= 0.3 is 0 Å². The highest BCUT2D eigenvalue weighted by molar-refractivity contribution is 5.15. The molecule has 0 spiro atoms. The van der Waals surface area contributed by atoms with Gasteiger partial charge in [-0.05, 0) is 49.6 Å². The van der Waals surface area contributed by atoms with Crippen molar-refractivity contribution < 1.29 is 0 Å². The molecule has 1 aliphatic rings. The highest BCUT2D eigenvalue weighted by Gasteiger charge is 2.30. The van der Waals surface area contributed by atoms with Crippen LogP contribution in [0.5, 0.6) is 0 Å². The van der Waals surface area contributed by atoms with Crippen LogP contribution in [0.15, 0.2) is 30.3 Å². The van der Waals surface area contributed by atoms with Crippen molar-refractivity contribution in [3.8, 4) is 0 Å². The van der Waals surface area contributed by atoms with E-state index in [1.807, 2.05) is 0 Å². The second-order valence-corrected chi connectivity index (χ2v) is 4.36. The number of hydrogen-bond acceptors (Lipinski definition) is 1.